The summed E-state index contributed by atoms with van der Waals surface area (Å²) in [5, 5.41) is 19.8. The molecule has 0 saturated carbocycles. The molecule has 1 aliphatic rings. The summed E-state index contributed by atoms with van der Waals surface area (Å²) in [6.45, 7) is 3.79. The molecule has 110 valence electrons. The third-order valence-corrected chi connectivity index (χ3v) is 4.39. The number of amidine groups is 1. The SMILES string of the molecule is CC1CN(c2ccc(C(=N)N)c3ccccc23)CCC1O. The molecule has 4 N–H and O–H groups in total. The van der Waals surface area contributed by atoms with Crippen LogP contribution < -0.4 is 10.6 Å². The molecule has 2 atom stereocenters. The molecule has 0 aromatic heterocycles. The molecule has 0 amide bonds. The molecule has 4 heteroatoms. The van der Waals surface area contributed by atoms with Gasteiger partial charge in [-0.2, -0.15) is 0 Å². The summed E-state index contributed by atoms with van der Waals surface area (Å²) in [6, 6.07) is 12.0. The topological polar surface area (TPSA) is 73.3 Å². The zero-order valence-corrected chi connectivity index (χ0v) is 12.2. The van der Waals surface area contributed by atoms with Crippen LogP contribution in [0.2, 0.25) is 0 Å². The Kier molecular flexibility index (Phi) is 3.55. The molecular weight excluding hydrogens is 262 g/mol. The van der Waals surface area contributed by atoms with Gasteiger partial charge < -0.3 is 15.7 Å². The highest BCUT2D eigenvalue weighted by Gasteiger charge is 2.25. The number of benzene rings is 2. The van der Waals surface area contributed by atoms with Crippen molar-refractivity contribution >= 4 is 22.3 Å². The smallest absolute Gasteiger partial charge is 0.123 e. The lowest BCUT2D eigenvalue weighted by Crippen LogP contribution is -2.42. The second kappa shape index (κ2) is 5.37. The predicted octanol–water partition coefficient (Wildman–Crippen LogP) is 2.33. The minimum absolute atomic E-state index is 0.0974. The van der Waals surface area contributed by atoms with Gasteiger partial charge in [0, 0.05) is 29.7 Å². The Morgan fingerprint density at radius 1 is 1.24 bits per heavy atom. The molecule has 4 nitrogen and oxygen atoms in total. The lowest BCUT2D eigenvalue weighted by molar-refractivity contribution is 0.0972. The van der Waals surface area contributed by atoms with Crippen LogP contribution in [0.4, 0.5) is 5.69 Å². The molecule has 2 aromatic rings. The first-order valence-electron chi connectivity index (χ1n) is 7.37. The number of anilines is 1. The number of aliphatic hydroxyl groups is 1. The van der Waals surface area contributed by atoms with Crippen molar-refractivity contribution < 1.29 is 5.11 Å². The van der Waals surface area contributed by atoms with Crippen LogP contribution in [0.1, 0.15) is 18.9 Å². The summed E-state index contributed by atoms with van der Waals surface area (Å²) < 4.78 is 0. The number of hydrogen-bond donors (Lipinski definition) is 3. The van der Waals surface area contributed by atoms with Gasteiger partial charge in [-0.3, -0.25) is 5.41 Å². The van der Waals surface area contributed by atoms with E-state index in [2.05, 4.69) is 17.9 Å². The quantitative estimate of drug-likeness (QED) is 0.585. The number of rotatable bonds is 2. The number of fused-ring (bicyclic) bond motifs is 1. The van der Waals surface area contributed by atoms with E-state index in [1.54, 1.807) is 0 Å². The number of nitrogens with two attached hydrogens (primary N) is 1. The molecule has 3 rings (SSSR count). The average Bonchev–Trinajstić information content (AvgIpc) is 2.49. The van der Waals surface area contributed by atoms with Crippen LogP contribution in [0.5, 0.6) is 0 Å². The Bertz CT molecular complexity index is 683. The molecule has 0 aliphatic carbocycles. The molecule has 1 saturated heterocycles. The Labute approximate surface area is 124 Å². The average molecular weight is 283 g/mol. The number of aliphatic hydroxyl groups excluding tert-OH is 1. The normalized spacial score (nSPS) is 22.5. The molecule has 0 spiro atoms. The van der Waals surface area contributed by atoms with Crippen LogP contribution in [0.3, 0.4) is 0 Å². The van der Waals surface area contributed by atoms with E-state index < -0.39 is 0 Å². The molecular formula is C17H21N3O. The van der Waals surface area contributed by atoms with Crippen molar-refractivity contribution in [2.24, 2.45) is 11.7 Å². The summed E-state index contributed by atoms with van der Waals surface area (Å²) in [5.41, 5.74) is 7.62. The monoisotopic (exact) mass is 283 g/mol. The third-order valence-electron chi connectivity index (χ3n) is 4.39. The van der Waals surface area contributed by atoms with E-state index >= 15 is 0 Å². The molecule has 1 fully saturated rings. The number of nitrogens with one attached hydrogen (secondary N) is 1. The van der Waals surface area contributed by atoms with Crippen LogP contribution in [0.25, 0.3) is 10.8 Å². The highest BCUT2D eigenvalue weighted by Crippen LogP contribution is 2.32. The van der Waals surface area contributed by atoms with Gasteiger partial charge >= 0.3 is 0 Å². The lowest BCUT2D eigenvalue weighted by atomic mass is 9.94. The van der Waals surface area contributed by atoms with E-state index in [1.807, 2.05) is 30.3 Å². The van der Waals surface area contributed by atoms with Crippen LogP contribution in [0.15, 0.2) is 36.4 Å². The van der Waals surface area contributed by atoms with Gasteiger partial charge in [0.25, 0.3) is 0 Å². The third kappa shape index (κ3) is 2.47. The summed E-state index contributed by atoms with van der Waals surface area (Å²) >= 11 is 0. The Balaban J connectivity index is 2.08. The first kappa shape index (κ1) is 13.9. The fourth-order valence-corrected chi connectivity index (χ4v) is 3.15. The first-order valence-corrected chi connectivity index (χ1v) is 7.37. The van der Waals surface area contributed by atoms with Gasteiger partial charge in [0.15, 0.2) is 0 Å². The molecule has 21 heavy (non-hydrogen) atoms. The number of nitrogens with zero attached hydrogens (tertiary/aromatic N) is 1. The van der Waals surface area contributed by atoms with E-state index in [9.17, 15) is 5.11 Å². The van der Waals surface area contributed by atoms with Crippen molar-refractivity contribution in [2.45, 2.75) is 19.4 Å². The van der Waals surface area contributed by atoms with Crippen molar-refractivity contribution in [3.8, 4) is 0 Å². The van der Waals surface area contributed by atoms with Gasteiger partial charge in [0.2, 0.25) is 0 Å². The first-order chi connectivity index (χ1) is 10.1. The Morgan fingerprint density at radius 3 is 2.62 bits per heavy atom. The van der Waals surface area contributed by atoms with Crippen LogP contribution in [-0.2, 0) is 0 Å². The number of hydrogen-bond acceptors (Lipinski definition) is 3. The van der Waals surface area contributed by atoms with Gasteiger partial charge in [-0.05, 0) is 29.9 Å². The summed E-state index contributed by atoms with van der Waals surface area (Å²) in [7, 11) is 0. The van der Waals surface area contributed by atoms with E-state index in [0.29, 0.717) is 0 Å². The minimum atomic E-state index is -0.205. The minimum Gasteiger partial charge on any atom is -0.393 e. The van der Waals surface area contributed by atoms with E-state index in [0.717, 1.165) is 41.5 Å². The van der Waals surface area contributed by atoms with Crippen LogP contribution in [-0.4, -0.2) is 30.1 Å². The Morgan fingerprint density at radius 2 is 1.95 bits per heavy atom. The fraction of sp³-hybridized carbons (Fsp3) is 0.353. The van der Waals surface area contributed by atoms with Crippen molar-refractivity contribution in [1.82, 2.24) is 0 Å². The Hall–Kier alpha value is -2.07. The molecule has 1 aliphatic heterocycles. The van der Waals surface area contributed by atoms with E-state index in [4.69, 9.17) is 11.1 Å². The van der Waals surface area contributed by atoms with Gasteiger partial charge in [-0.1, -0.05) is 31.2 Å². The maximum absolute atomic E-state index is 9.90. The summed E-state index contributed by atoms with van der Waals surface area (Å²) in [4.78, 5) is 2.32. The van der Waals surface area contributed by atoms with Crippen molar-refractivity contribution in [3.05, 3.63) is 42.0 Å². The highest BCUT2D eigenvalue weighted by atomic mass is 16.3. The van der Waals surface area contributed by atoms with Gasteiger partial charge in [0.05, 0.1) is 6.10 Å². The van der Waals surface area contributed by atoms with Crippen molar-refractivity contribution in [2.75, 3.05) is 18.0 Å². The molecule has 2 aromatic carbocycles. The van der Waals surface area contributed by atoms with E-state index in [1.165, 1.54) is 0 Å². The predicted molar refractivity (Wildman–Crippen MR) is 87.0 cm³/mol. The zero-order valence-electron chi connectivity index (χ0n) is 12.2. The highest BCUT2D eigenvalue weighted by molar-refractivity contribution is 6.10. The fourth-order valence-electron chi connectivity index (χ4n) is 3.15. The van der Waals surface area contributed by atoms with Gasteiger partial charge in [-0.25, -0.2) is 0 Å². The lowest BCUT2D eigenvalue weighted by Gasteiger charge is -2.36. The number of piperidine rings is 1. The molecule has 1 heterocycles. The molecule has 0 radical (unpaired) electrons. The van der Waals surface area contributed by atoms with E-state index in [-0.39, 0.29) is 17.9 Å². The second-order valence-corrected chi connectivity index (χ2v) is 5.87. The zero-order chi connectivity index (χ0) is 15.0. The standard InChI is InChI=1S/C17H21N3O/c1-11-10-20(9-8-16(11)21)15-7-6-14(17(18)19)12-4-2-3-5-13(12)15/h2-7,11,16,21H,8-10H2,1H3,(H3,18,19). The molecule has 2 unspecified atom stereocenters. The largest absolute Gasteiger partial charge is 0.393 e. The van der Waals surface area contributed by atoms with Gasteiger partial charge in [-0.15, -0.1) is 0 Å². The second-order valence-electron chi connectivity index (χ2n) is 5.87. The maximum Gasteiger partial charge on any atom is 0.123 e. The van der Waals surface area contributed by atoms with Crippen molar-refractivity contribution in [1.29, 1.82) is 5.41 Å². The molecule has 0 bridgehead atoms. The summed E-state index contributed by atoms with van der Waals surface area (Å²) in [5.74, 6) is 0.366. The van der Waals surface area contributed by atoms with Gasteiger partial charge in [0.1, 0.15) is 5.84 Å². The van der Waals surface area contributed by atoms with Crippen LogP contribution in [0, 0.1) is 11.3 Å². The van der Waals surface area contributed by atoms with Crippen LogP contribution >= 0.6 is 0 Å². The number of nitrogen functional groups attached to an aromatic ring is 1. The van der Waals surface area contributed by atoms with Crippen molar-refractivity contribution in [3.63, 3.8) is 0 Å². The maximum atomic E-state index is 9.90. The summed E-state index contributed by atoms with van der Waals surface area (Å²) in [6.07, 6.45) is 0.591.